The fourth-order valence-electron chi connectivity index (χ4n) is 1.45. The van der Waals surface area contributed by atoms with Crippen molar-refractivity contribution < 1.29 is 4.74 Å². The Labute approximate surface area is 110 Å². The lowest BCUT2D eigenvalue weighted by Gasteiger charge is -2.11. The van der Waals surface area contributed by atoms with E-state index in [-0.39, 0.29) is 0 Å². The lowest BCUT2D eigenvalue weighted by atomic mass is 10.2. The van der Waals surface area contributed by atoms with Gasteiger partial charge >= 0.3 is 0 Å². The molecule has 0 heterocycles. The van der Waals surface area contributed by atoms with Gasteiger partial charge in [-0.3, -0.25) is 0 Å². The largest absolute Gasteiger partial charge is 0.455 e. The van der Waals surface area contributed by atoms with Gasteiger partial charge in [0.15, 0.2) is 0 Å². The van der Waals surface area contributed by atoms with Crippen LogP contribution in [0.25, 0.3) is 0 Å². The molecule has 2 nitrogen and oxygen atoms in total. The van der Waals surface area contributed by atoms with Gasteiger partial charge in [0, 0.05) is 17.1 Å². The van der Waals surface area contributed by atoms with Crippen molar-refractivity contribution >= 4 is 23.2 Å². The van der Waals surface area contributed by atoms with E-state index in [0.717, 1.165) is 5.56 Å². The van der Waals surface area contributed by atoms with Crippen LogP contribution in [0.4, 0.5) is 0 Å². The Balaban J connectivity index is 2.33. The molecular weight excluding hydrogens is 257 g/mol. The highest BCUT2D eigenvalue weighted by molar-refractivity contribution is 6.32. The molecule has 2 N–H and O–H groups in total. The van der Waals surface area contributed by atoms with Crippen LogP contribution in [0.2, 0.25) is 10.0 Å². The number of benzene rings is 2. The number of rotatable bonds is 3. The minimum Gasteiger partial charge on any atom is -0.455 e. The van der Waals surface area contributed by atoms with Crippen LogP contribution in [0.3, 0.4) is 0 Å². The van der Waals surface area contributed by atoms with Crippen molar-refractivity contribution in [1.82, 2.24) is 0 Å². The SMILES string of the molecule is NCc1cc(Cl)ccc1Oc1ccccc1Cl. The van der Waals surface area contributed by atoms with E-state index in [0.29, 0.717) is 28.1 Å². The van der Waals surface area contributed by atoms with Gasteiger partial charge in [0.05, 0.1) is 5.02 Å². The van der Waals surface area contributed by atoms with Gasteiger partial charge in [-0.25, -0.2) is 0 Å². The van der Waals surface area contributed by atoms with Crippen molar-refractivity contribution in [2.24, 2.45) is 5.73 Å². The van der Waals surface area contributed by atoms with Crippen LogP contribution in [0.15, 0.2) is 42.5 Å². The Morgan fingerprint density at radius 3 is 2.47 bits per heavy atom. The molecule has 0 aliphatic rings. The van der Waals surface area contributed by atoms with E-state index >= 15 is 0 Å². The highest BCUT2D eigenvalue weighted by atomic mass is 35.5. The topological polar surface area (TPSA) is 35.2 Å². The first-order valence-corrected chi connectivity index (χ1v) is 5.87. The first-order chi connectivity index (χ1) is 8.20. The maximum Gasteiger partial charge on any atom is 0.146 e. The average molecular weight is 268 g/mol. The minimum atomic E-state index is 0.361. The van der Waals surface area contributed by atoms with Crippen LogP contribution >= 0.6 is 23.2 Å². The molecule has 0 radical (unpaired) electrons. The summed E-state index contributed by atoms with van der Waals surface area (Å²) < 4.78 is 5.72. The summed E-state index contributed by atoms with van der Waals surface area (Å²) in [4.78, 5) is 0. The maximum atomic E-state index is 6.02. The number of nitrogens with two attached hydrogens (primary N) is 1. The molecule has 0 atom stereocenters. The number of halogens is 2. The standard InChI is InChI=1S/C13H11Cl2NO/c14-10-5-6-12(9(7-10)8-16)17-13-4-2-1-3-11(13)15/h1-7H,8,16H2. The quantitative estimate of drug-likeness (QED) is 0.903. The Morgan fingerprint density at radius 2 is 1.76 bits per heavy atom. The summed E-state index contributed by atoms with van der Waals surface area (Å²) in [5.74, 6) is 1.27. The van der Waals surface area contributed by atoms with Crippen LogP contribution in [0.5, 0.6) is 11.5 Å². The van der Waals surface area contributed by atoms with Gasteiger partial charge in [-0.15, -0.1) is 0 Å². The smallest absolute Gasteiger partial charge is 0.146 e. The first kappa shape index (κ1) is 12.2. The fraction of sp³-hybridized carbons (Fsp3) is 0.0769. The predicted molar refractivity (Wildman–Crippen MR) is 70.9 cm³/mol. The molecule has 4 heteroatoms. The molecule has 88 valence electrons. The normalized spacial score (nSPS) is 10.3. The maximum absolute atomic E-state index is 6.02. The summed E-state index contributed by atoms with van der Waals surface area (Å²) in [5, 5.41) is 1.20. The predicted octanol–water partition coefficient (Wildman–Crippen LogP) is 4.24. The van der Waals surface area contributed by atoms with Crippen molar-refractivity contribution in [3.63, 3.8) is 0 Å². The zero-order chi connectivity index (χ0) is 12.3. The van der Waals surface area contributed by atoms with E-state index in [1.165, 1.54) is 0 Å². The Kier molecular flexibility index (Phi) is 3.89. The lowest BCUT2D eigenvalue weighted by Crippen LogP contribution is -1.99. The van der Waals surface area contributed by atoms with E-state index in [1.54, 1.807) is 30.3 Å². The van der Waals surface area contributed by atoms with E-state index in [4.69, 9.17) is 33.7 Å². The molecule has 0 spiro atoms. The molecule has 0 aliphatic carbocycles. The zero-order valence-electron chi connectivity index (χ0n) is 8.99. The highest BCUT2D eigenvalue weighted by Crippen LogP contribution is 2.31. The van der Waals surface area contributed by atoms with Gasteiger partial charge in [-0.2, -0.15) is 0 Å². The summed E-state index contributed by atoms with van der Waals surface area (Å²) in [5.41, 5.74) is 6.48. The van der Waals surface area contributed by atoms with Crippen molar-refractivity contribution in [3.05, 3.63) is 58.1 Å². The van der Waals surface area contributed by atoms with Crippen LogP contribution < -0.4 is 10.5 Å². The lowest BCUT2D eigenvalue weighted by molar-refractivity contribution is 0.476. The molecule has 2 aromatic rings. The molecule has 0 aliphatic heterocycles. The number of ether oxygens (including phenoxy) is 1. The third-order valence-electron chi connectivity index (χ3n) is 2.30. The van der Waals surface area contributed by atoms with Gasteiger partial charge in [0.1, 0.15) is 11.5 Å². The van der Waals surface area contributed by atoms with Gasteiger partial charge < -0.3 is 10.5 Å². The summed E-state index contributed by atoms with van der Waals surface area (Å²) in [6, 6.07) is 12.6. The monoisotopic (exact) mass is 267 g/mol. The number of hydrogen-bond donors (Lipinski definition) is 1. The molecule has 0 bridgehead atoms. The molecule has 0 fully saturated rings. The molecule has 0 aromatic heterocycles. The summed E-state index contributed by atoms with van der Waals surface area (Å²) in [7, 11) is 0. The molecule has 0 saturated carbocycles. The molecule has 0 unspecified atom stereocenters. The Hall–Kier alpha value is -1.22. The first-order valence-electron chi connectivity index (χ1n) is 5.11. The van der Waals surface area contributed by atoms with Crippen molar-refractivity contribution in [2.45, 2.75) is 6.54 Å². The fourth-order valence-corrected chi connectivity index (χ4v) is 1.82. The average Bonchev–Trinajstić information content (AvgIpc) is 2.34. The van der Waals surface area contributed by atoms with Gasteiger partial charge in [-0.1, -0.05) is 35.3 Å². The van der Waals surface area contributed by atoms with Gasteiger partial charge in [0.2, 0.25) is 0 Å². The molecule has 2 rings (SSSR count). The third-order valence-corrected chi connectivity index (χ3v) is 2.85. The van der Waals surface area contributed by atoms with E-state index in [9.17, 15) is 0 Å². The van der Waals surface area contributed by atoms with E-state index in [1.807, 2.05) is 12.1 Å². The summed E-state index contributed by atoms with van der Waals surface area (Å²) >= 11 is 11.9. The van der Waals surface area contributed by atoms with Crippen molar-refractivity contribution in [3.8, 4) is 11.5 Å². The van der Waals surface area contributed by atoms with Crippen LogP contribution in [0, 0.1) is 0 Å². The second-order valence-electron chi connectivity index (χ2n) is 3.49. The minimum absolute atomic E-state index is 0.361. The molecule has 0 amide bonds. The van der Waals surface area contributed by atoms with Crippen molar-refractivity contribution in [1.29, 1.82) is 0 Å². The summed E-state index contributed by atoms with van der Waals surface area (Å²) in [6.07, 6.45) is 0. The van der Waals surface area contributed by atoms with Crippen LogP contribution in [-0.4, -0.2) is 0 Å². The molecule has 2 aromatic carbocycles. The highest BCUT2D eigenvalue weighted by Gasteiger charge is 2.06. The van der Waals surface area contributed by atoms with Crippen molar-refractivity contribution in [2.75, 3.05) is 0 Å². The molecule has 17 heavy (non-hydrogen) atoms. The molecular formula is C13H11Cl2NO. The van der Waals surface area contributed by atoms with Crippen LogP contribution in [-0.2, 0) is 6.54 Å². The zero-order valence-corrected chi connectivity index (χ0v) is 10.5. The second kappa shape index (κ2) is 5.41. The van der Waals surface area contributed by atoms with E-state index < -0.39 is 0 Å². The number of para-hydroxylation sites is 1. The second-order valence-corrected chi connectivity index (χ2v) is 4.33. The van der Waals surface area contributed by atoms with E-state index in [2.05, 4.69) is 0 Å². The third kappa shape index (κ3) is 2.91. The van der Waals surface area contributed by atoms with Gasteiger partial charge in [-0.05, 0) is 30.3 Å². The number of hydrogen-bond acceptors (Lipinski definition) is 2. The Bertz CT molecular complexity index is 529. The Morgan fingerprint density at radius 1 is 1.00 bits per heavy atom. The van der Waals surface area contributed by atoms with Gasteiger partial charge in [0.25, 0.3) is 0 Å². The van der Waals surface area contributed by atoms with Crippen LogP contribution in [0.1, 0.15) is 5.56 Å². The summed E-state index contributed by atoms with van der Waals surface area (Å²) in [6.45, 7) is 0.361. The molecule has 0 saturated heterocycles.